The molecule has 0 spiro atoms. The Kier molecular flexibility index (Phi) is 5.23. The van der Waals surface area contributed by atoms with E-state index in [1.54, 1.807) is 6.20 Å². The molecule has 0 bridgehead atoms. The van der Waals surface area contributed by atoms with Crippen LogP contribution in [0.3, 0.4) is 0 Å². The molecule has 4 aromatic rings. The van der Waals surface area contributed by atoms with E-state index in [9.17, 15) is 4.79 Å². The van der Waals surface area contributed by atoms with Crippen LogP contribution in [0.1, 0.15) is 10.4 Å². The number of rotatable bonds is 4. The van der Waals surface area contributed by atoms with Gasteiger partial charge in [-0.15, -0.1) is 0 Å². The third kappa shape index (κ3) is 4.08. The number of hydrogen-bond donors (Lipinski definition) is 1. The van der Waals surface area contributed by atoms with Crippen LogP contribution in [0.4, 0.5) is 17.1 Å². The first-order valence-electron chi connectivity index (χ1n) is 10.6. The van der Waals surface area contributed by atoms with E-state index in [0.717, 1.165) is 54.0 Å². The largest absolute Gasteiger partial charge is 0.368 e. The minimum Gasteiger partial charge on any atom is -0.368 e. The molecule has 1 amide bonds. The van der Waals surface area contributed by atoms with Gasteiger partial charge in [-0.2, -0.15) is 0 Å². The van der Waals surface area contributed by atoms with Crippen LogP contribution in [0, 0.1) is 0 Å². The van der Waals surface area contributed by atoms with E-state index in [1.165, 1.54) is 5.69 Å². The van der Waals surface area contributed by atoms with E-state index in [4.69, 9.17) is 0 Å². The lowest BCUT2D eigenvalue weighted by Crippen LogP contribution is -2.48. The number of aromatic nitrogens is 1. The summed E-state index contributed by atoms with van der Waals surface area (Å²) in [6.45, 7) is 3.17. The van der Waals surface area contributed by atoms with E-state index in [1.807, 2.05) is 59.5 Å². The van der Waals surface area contributed by atoms with Crippen molar-refractivity contribution >= 4 is 33.9 Å². The first kappa shape index (κ1) is 19.1. The molecule has 0 saturated carbocycles. The summed E-state index contributed by atoms with van der Waals surface area (Å²) < 4.78 is 0. The summed E-state index contributed by atoms with van der Waals surface area (Å²) in [5.74, 6) is 0.0913. The summed E-state index contributed by atoms with van der Waals surface area (Å²) in [6.07, 6.45) is 1.80. The lowest BCUT2D eigenvalue weighted by atomic mass is 10.1. The molecule has 5 rings (SSSR count). The van der Waals surface area contributed by atoms with Crippen molar-refractivity contribution in [3.8, 4) is 0 Å². The van der Waals surface area contributed by atoms with Gasteiger partial charge in [0.2, 0.25) is 0 Å². The average Bonchev–Trinajstić information content (AvgIpc) is 2.85. The molecule has 0 radical (unpaired) electrons. The quantitative estimate of drug-likeness (QED) is 0.520. The summed E-state index contributed by atoms with van der Waals surface area (Å²) in [6, 6.07) is 28.1. The Morgan fingerprint density at radius 2 is 1.48 bits per heavy atom. The van der Waals surface area contributed by atoms with Crippen molar-refractivity contribution in [2.24, 2.45) is 0 Å². The monoisotopic (exact) mass is 408 g/mol. The smallest absolute Gasteiger partial charge is 0.253 e. The zero-order valence-corrected chi connectivity index (χ0v) is 17.2. The van der Waals surface area contributed by atoms with Crippen LogP contribution in [0.25, 0.3) is 10.9 Å². The minimum atomic E-state index is 0.0913. The van der Waals surface area contributed by atoms with Crippen molar-refractivity contribution in [3.05, 3.63) is 96.7 Å². The van der Waals surface area contributed by atoms with Crippen molar-refractivity contribution < 1.29 is 4.79 Å². The van der Waals surface area contributed by atoms with Gasteiger partial charge in [-0.1, -0.05) is 36.4 Å². The van der Waals surface area contributed by atoms with Gasteiger partial charge >= 0.3 is 0 Å². The number of fused-ring (bicyclic) bond motifs is 1. The van der Waals surface area contributed by atoms with Crippen molar-refractivity contribution in [1.82, 2.24) is 9.88 Å². The number of carbonyl (C=O) groups is 1. The molecule has 0 unspecified atom stereocenters. The fourth-order valence-electron chi connectivity index (χ4n) is 4.05. The topological polar surface area (TPSA) is 48.5 Å². The van der Waals surface area contributed by atoms with E-state index in [2.05, 4.69) is 45.5 Å². The lowest BCUT2D eigenvalue weighted by Gasteiger charge is -2.36. The molecule has 3 aromatic carbocycles. The molecule has 2 heterocycles. The molecule has 1 saturated heterocycles. The second-order valence-electron chi connectivity index (χ2n) is 7.69. The van der Waals surface area contributed by atoms with Crippen molar-refractivity contribution in [1.29, 1.82) is 0 Å². The Labute approximate surface area is 181 Å². The maximum absolute atomic E-state index is 13.0. The van der Waals surface area contributed by atoms with Crippen molar-refractivity contribution in [2.75, 3.05) is 36.4 Å². The first-order valence-corrected chi connectivity index (χ1v) is 10.6. The standard InChI is InChI=1S/C26H24N4O/c31-26(30-18-16-29(17-19-30)22-6-2-1-3-7-22)20-10-12-21(13-11-20)28-25-14-15-27-24-9-5-4-8-23(24)25/h1-15H,16-19H2,(H,27,28). The van der Waals surface area contributed by atoms with Gasteiger partial charge in [-0.05, 0) is 48.5 Å². The molecule has 5 nitrogen and oxygen atoms in total. The second kappa shape index (κ2) is 8.48. The maximum atomic E-state index is 13.0. The molecular formula is C26H24N4O. The molecule has 1 fully saturated rings. The molecule has 1 aliphatic heterocycles. The van der Waals surface area contributed by atoms with Crippen LogP contribution < -0.4 is 10.2 Å². The SMILES string of the molecule is O=C(c1ccc(Nc2ccnc3ccccc23)cc1)N1CCN(c2ccccc2)CC1. The number of hydrogen-bond acceptors (Lipinski definition) is 4. The molecule has 1 aromatic heterocycles. The van der Waals surface area contributed by atoms with Gasteiger partial charge in [-0.3, -0.25) is 9.78 Å². The number of para-hydroxylation sites is 2. The summed E-state index contributed by atoms with van der Waals surface area (Å²) in [7, 11) is 0. The average molecular weight is 409 g/mol. The summed E-state index contributed by atoms with van der Waals surface area (Å²) >= 11 is 0. The Bertz CT molecular complexity index is 1180. The van der Waals surface area contributed by atoms with Crippen LogP contribution in [0.15, 0.2) is 91.1 Å². The minimum absolute atomic E-state index is 0.0913. The molecular weight excluding hydrogens is 384 g/mol. The molecule has 1 N–H and O–H groups in total. The zero-order valence-electron chi connectivity index (χ0n) is 17.2. The first-order chi connectivity index (χ1) is 15.3. The third-order valence-electron chi connectivity index (χ3n) is 5.75. The number of nitrogens with one attached hydrogen (secondary N) is 1. The van der Waals surface area contributed by atoms with Crippen LogP contribution in [0.5, 0.6) is 0 Å². The van der Waals surface area contributed by atoms with Crippen LogP contribution >= 0.6 is 0 Å². The highest BCUT2D eigenvalue weighted by atomic mass is 16.2. The predicted octanol–water partition coefficient (Wildman–Crippen LogP) is 4.94. The van der Waals surface area contributed by atoms with E-state index in [-0.39, 0.29) is 5.91 Å². The van der Waals surface area contributed by atoms with E-state index >= 15 is 0 Å². The van der Waals surface area contributed by atoms with Gasteiger partial charge in [-0.25, -0.2) is 0 Å². The number of anilines is 3. The van der Waals surface area contributed by atoms with Crippen LogP contribution in [-0.2, 0) is 0 Å². The van der Waals surface area contributed by atoms with Gasteiger partial charge in [0, 0.05) is 60.4 Å². The number of amides is 1. The Balaban J connectivity index is 1.24. The summed E-state index contributed by atoms with van der Waals surface area (Å²) in [5.41, 5.74) is 4.84. The number of carbonyl (C=O) groups excluding carboxylic acids is 1. The number of benzene rings is 3. The summed E-state index contributed by atoms with van der Waals surface area (Å²) in [5, 5.41) is 4.52. The van der Waals surface area contributed by atoms with Gasteiger partial charge in [0.05, 0.1) is 5.52 Å². The molecule has 0 aliphatic carbocycles. The fourth-order valence-corrected chi connectivity index (χ4v) is 4.05. The normalized spacial score (nSPS) is 13.9. The van der Waals surface area contributed by atoms with Gasteiger partial charge < -0.3 is 15.1 Å². The van der Waals surface area contributed by atoms with Gasteiger partial charge in [0.15, 0.2) is 0 Å². The highest BCUT2D eigenvalue weighted by Gasteiger charge is 2.22. The van der Waals surface area contributed by atoms with Crippen LogP contribution in [0.2, 0.25) is 0 Å². The molecule has 154 valence electrons. The third-order valence-corrected chi connectivity index (χ3v) is 5.75. The van der Waals surface area contributed by atoms with E-state index in [0.29, 0.717) is 0 Å². The van der Waals surface area contributed by atoms with E-state index < -0.39 is 0 Å². The van der Waals surface area contributed by atoms with Gasteiger partial charge in [0.1, 0.15) is 0 Å². The lowest BCUT2D eigenvalue weighted by molar-refractivity contribution is 0.0747. The van der Waals surface area contributed by atoms with Crippen molar-refractivity contribution in [3.63, 3.8) is 0 Å². The van der Waals surface area contributed by atoms with Gasteiger partial charge in [0.25, 0.3) is 5.91 Å². The fraction of sp³-hybridized carbons (Fsp3) is 0.154. The molecule has 31 heavy (non-hydrogen) atoms. The van der Waals surface area contributed by atoms with Crippen molar-refractivity contribution in [2.45, 2.75) is 0 Å². The number of pyridine rings is 1. The maximum Gasteiger partial charge on any atom is 0.253 e. The molecule has 0 atom stereocenters. The highest BCUT2D eigenvalue weighted by molar-refractivity contribution is 5.95. The molecule has 5 heteroatoms. The Morgan fingerprint density at radius 1 is 0.774 bits per heavy atom. The number of piperazine rings is 1. The molecule has 1 aliphatic rings. The highest BCUT2D eigenvalue weighted by Crippen LogP contribution is 2.25. The predicted molar refractivity (Wildman–Crippen MR) is 126 cm³/mol. The summed E-state index contributed by atoms with van der Waals surface area (Å²) in [4.78, 5) is 21.6. The van der Waals surface area contributed by atoms with Crippen LogP contribution in [-0.4, -0.2) is 42.0 Å². The zero-order chi connectivity index (χ0) is 21.0. The Hall–Kier alpha value is -3.86. The number of nitrogens with zero attached hydrogens (tertiary/aromatic N) is 3. The second-order valence-corrected chi connectivity index (χ2v) is 7.69. The Morgan fingerprint density at radius 3 is 2.26 bits per heavy atom.